The molecule has 1 amide bonds. The SMILES string of the molecule is C=C/C=C(C)\C=C(/C)Nc1ccnc(N)c1.CC(=O)Nc1ncn2c(C(F)(F)F)csc12. The quantitative estimate of drug-likeness (QED) is 0.434. The third kappa shape index (κ3) is 6.98. The topological polar surface area (TPSA) is 97.3 Å². The van der Waals surface area contributed by atoms with E-state index in [1.54, 1.807) is 18.3 Å². The highest BCUT2D eigenvalue weighted by molar-refractivity contribution is 7.16. The molecule has 3 heterocycles. The van der Waals surface area contributed by atoms with Gasteiger partial charge in [-0.25, -0.2) is 9.97 Å². The van der Waals surface area contributed by atoms with E-state index in [1.807, 2.05) is 32.1 Å². The summed E-state index contributed by atoms with van der Waals surface area (Å²) in [7, 11) is 0. The summed E-state index contributed by atoms with van der Waals surface area (Å²) < 4.78 is 38.4. The zero-order chi connectivity index (χ0) is 23.9. The molecule has 32 heavy (non-hydrogen) atoms. The molecule has 0 fully saturated rings. The summed E-state index contributed by atoms with van der Waals surface area (Å²) in [6.45, 7) is 8.94. The Morgan fingerprint density at radius 1 is 1.25 bits per heavy atom. The number of imidazole rings is 1. The number of fused-ring (bicyclic) bond motifs is 1. The van der Waals surface area contributed by atoms with Crippen LogP contribution in [0.25, 0.3) is 4.83 Å². The molecular weight excluding hydrogens is 441 g/mol. The molecule has 0 atom stereocenters. The maximum Gasteiger partial charge on any atom is 0.432 e. The zero-order valence-electron chi connectivity index (χ0n) is 17.7. The van der Waals surface area contributed by atoms with Gasteiger partial charge in [0.05, 0.1) is 0 Å². The molecule has 0 aliphatic rings. The predicted molar refractivity (Wildman–Crippen MR) is 122 cm³/mol. The summed E-state index contributed by atoms with van der Waals surface area (Å²) >= 11 is 0.882. The lowest BCUT2D eigenvalue weighted by atomic mass is 10.2. The number of hydrogen-bond acceptors (Lipinski definition) is 6. The van der Waals surface area contributed by atoms with Gasteiger partial charge in [-0.1, -0.05) is 18.7 Å². The second kappa shape index (κ2) is 10.6. The number of nitrogens with one attached hydrogen (secondary N) is 2. The van der Waals surface area contributed by atoms with Gasteiger partial charge in [0.25, 0.3) is 0 Å². The fraction of sp³-hybridized carbons (Fsp3) is 0.190. The average molecular weight is 465 g/mol. The Labute approximate surface area is 187 Å². The van der Waals surface area contributed by atoms with E-state index in [0.29, 0.717) is 5.82 Å². The molecule has 3 aromatic rings. The van der Waals surface area contributed by atoms with Crippen LogP contribution in [0, 0.1) is 0 Å². The molecule has 0 spiro atoms. The summed E-state index contributed by atoms with van der Waals surface area (Å²) in [5.41, 5.74) is 7.91. The van der Waals surface area contributed by atoms with Crippen molar-refractivity contribution >= 4 is 39.4 Å². The number of thiazole rings is 1. The predicted octanol–water partition coefficient (Wildman–Crippen LogP) is 5.48. The minimum absolute atomic E-state index is 0.146. The summed E-state index contributed by atoms with van der Waals surface area (Å²) in [6.07, 6.45) is 4.05. The Bertz CT molecular complexity index is 1160. The van der Waals surface area contributed by atoms with E-state index in [9.17, 15) is 18.0 Å². The van der Waals surface area contributed by atoms with Crippen LogP contribution in [0.4, 0.5) is 30.5 Å². The Balaban J connectivity index is 0.000000227. The largest absolute Gasteiger partial charge is 0.432 e. The van der Waals surface area contributed by atoms with Crippen LogP contribution < -0.4 is 16.4 Å². The van der Waals surface area contributed by atoms with Crippen LogP contribution in [-0.4, -0.2) is 20.3 Å². The molecule has 7 nitrogen and oxygen atoms in total. The minimum Gasteiger partial charge on any atom is -0.384 e. The van der Waals surface area contributed by atoms with E-state index in [-0.39, 0.29) is 16.6 Å². The first kappa shape index (κ1) is 24.7. The van der Waals surface area contributed by atoms with Crippen molar-refractivity contribution in [1.29, 1.82) is 0 Å². The number of nitrogens with zero attached hydrogens (tertiary/aromatic N) is 3. The van der Waals surface area contributed by atoms with Crippen LogP contribution in [0.2, 0.25) is 0 Å². The number of allylic oxidation sites excluding steroid dienone is 5. The Morgan fingerprint density at radius 2 is 1.97 bits per heavy atom. The van der Waals surface area contributed by atoms with Crippen LogP contribution in [0.3, 0.4) is 0 Å². The number of carbonyl (C=O) groups is 1. The maximum absolute atomic E-state index is 12.5. The fourth-order valence-corrected chi connectivity index (χ4v) is 3.56. The first-order valence-corrected chi connectivity index (χ1v) is 10.1. The van der Waals surface area contributed by atoms with Crippen LogP contribution >= 0.6 is 11.3 Å². The van der Waals surface area contributed by atoms with Gasteiger partial charge in [0, 0.05) is 36.0 Å². The lowest BCUT2D eigenvalue weighted by Gasteiger charge is -2.06. The van der Waals surface area contributed by atoms with Gasteiger partial charge in [-0.05, 0) is 31.6 Å². The van der Waals surface area contributed by atoms with E-state index in [1.165, 1.54) is 6.92 Å². The summed E-state index contributed by atoms with van der Waals surface area (Å²) in [4.78, 5) is 18.7. The summed E-state index contributed by atoms with van der Waals surface area (Å²) in [5.74, 6) is 0.284. The zero-order valence-corrected chi connectivity index (χ0v) is 18.5. The molecule has 0 unspecified atom stereocenters. The maximum atomic E-state index is 12.5. The number of pyridine rings is 1. The van der Waals surface area contributed by atoms with Crippen LogP contribution in [-0.2, 0) is 11.0 Å². The van der Waals surface area contributed by atoms with E-state index in [2.05, 4.69) is 27.2 Å². The Kier molecular flexibility index (Phi) is 8.19. The van der Waals surface area contributed by atoms with Gasteiger partial charge in [-0.2, -0.15) is 13.2 Å². The Hall–Kier alpha value is -3.60. The molecule has 3 rings (SSSR count). The van der Waals surface area contributed by atoms with Gasteiger partial charge in [0.15, 0.2) is 5.82 Å². The third-order valence-electron chi connectivity index (χ3n) is 3.80. The lowest BCUT2D eigenvalue weighted by Crippen LogP contribution is -2.08. The van der Waals surface area contributed by atoms with Crippen molar-refractivity contribution in [1.82, 2.24) is 14.4 Å². The number of halogens is 3. The highest BCUT2D eigenvalue weighted by Crippen LogP contribution is 2.34. The number of nitrogens with two attached hydrogens (primary N) is 1. The molecule has 11 heteroatoms. The Morgan fingerprint density at radius 3 is 2.56 bits per heavy atom. The number of rotatable bonds is 5. The molecule has 3 aromatic heterocycles. The van der Waals surface area contributed by atoms with Gasteiger partial charge in [-0.3, -0.25) is 9.20 Å². The monoisotopic (exact) mass is 464 g/mol. The third-order valence-corrected chi connectivity index (χ3v) is 4.75. The lowest BCUT2D eigenvalue weighted by molar-refractivity contribution is -0.141. The van der Waals surface area contributed by atoms with Crippen LogP contribution in [0.5, 0.6) is 0 Å². The van der Waals surface area contributed by atoms with E-state index >= 15 is 0 Å². The molecule has 0 aliphatic heterocycles. The number of alkyl halides is 3. The van der Waals surface area contributed by atoms with Gasteiger partial charge < -0.3 is 16.4 Å². The molecule has 0 radical (unpaired) electrons. The normalized spacial score (nSPS) is 12.2. The van der Waals surface area contributed by atoms with Crippen molar-refractivity contribution in [2.24, 2.45) is 0 Å². The highest BCUT2D eigenvalue weighted by Gasteiger charge is 2.35. The number of hydrogen-bond donors (Lipinski definition) is 3. The number of amides is 1. The number of nitrogen functional groups attached to an aromatic ring is 1. The molecule has 0 aliphatic carbocycles. The molecule has 0 bridgehead atoms. The molecule has 0 saturated heterocycles. The number of aromatic nitrogens is 3. The van der Waals surface area contributed by atoms with E-state index < -0.39 is 11.9 Å². The first-order chi connectivity index (χ1) is 15.0. The number of carbonyl (C=O) groups excluding carboxylic acids is 1. The van der Waals surface area contributed by atoms with Crippen molar-refractivity contribution in [3.8, 4) is 0 Å². The fourth-order valence-electron chi connectivity index (χ4n) is 2.61. The highest BCUT2D eigenvalue weighted by atomic mass is 32.1. The second-order valence-corrected chi connectivity index (χ2v) is 7.49. The van der Waals surface area contributed by atoms with Crippen molar-refractivity contribution < 1.29 is 18.0 Å². The average Bonchev–Trinajstić information content (AvgIpc) is 3.24. The second-order valence-electron chi connectivity index (χ2n) is 6.64. The first-order valence-electron chi connectivity index (χ1n) is 9.26. The molecule has 0 aromatic carbocycles. The summed E-state index contributed by atoms with van der Waals surface area (Å²) in [5, 5.41) is 6.59. The minimum atomic E-state index is -4.42. The molecule has 0 saturated carbocycles. The summed E-state index contributed by atoms with van der Waals surface area (Å²) in [6, 6.07) is 3.67. The van der Waals surface area contributed by atoms with Crippen LogP contribution in [0.1, 0.15) is 26.5 Å². The standard InChI is InChI=1S/C13H17N3.C8H6F3N3OS/c1-4-5-10(2)8-11(3)16-12-6-7-15-13(14)9-12;1-4(15)13-6-7-14(3-12-6)5(2-16-7)8(9,10)11/h4-9H,1H2,2-3H3,(H3,14,15,16);2-3H,1H3,(H,13,15)/b10-5-,11-8+;. The van der Waals surface area contributed by atoms with Crippen molar-refractivity contribution in [3.05, 3.63) is 71.8 Å². The van der Waals surface area contributed by atoms with Crippen LogP contribution in [0.15, 0.2) is 66.1 Å². The van der Waals surface area contributed by atoms with Gasteiger partial charge >= 0.3 is 6.18 Å². The molecule has 170 valence electrons. The van der Waals surface area contributed by atoms with E-state index in [0.717, 1.165) is 44.4 Å². The molecular formula is C21H23F3N6OS. The van der Waals surface area contributed by atoms with Crippen molar-refractivity contribution in [3.63, 3.8) is 0 Å². The molecule has 4 N–H and O–H groups in total. The smallest absolute Gasteiger partial charge is 0.384 e. The van der Waals surface area contributed by atoms with E-state index in [4.69, 9.17) is 5.73 Å². The van der Waals surface area contributed by atoms with Gasteiger partial charge in [0.2, 0.25) is 5.91 Å². The van der Waals surface area contributed by atoms with Gasteiger partial charge in [0.1, 0.15) is 22.7 Å². The van der Waals surface area contributed by atoms with Crippen molar-refractivity contribution in [2.45, 2.75) is 26.9 Å². The van der Waals surface area contributed by atoms with Crippen molar-refractivity contribution in [2.75, 3.05) is 16.4 Å². The van der Waals surface area contributed by atoms with Gasteiger partial charge in [-0.15, -0.1) is 11.3 Å². The number of anilines is 3.